The first kappa shape index (κ1) is 26.0. The number of H-pyrrole nitrogens is 1. The van der Waals surface area contributed by atoms with E-state index in [0.717, 1.165) is 27.6 Å². The molecule has 0 amide bonds. The van der Waals surface area contributed by atoms with Crippen molar-refractivity contribution in [3.8, 4) is 0 Å². The number of carbonyl (C=O) groups is 1. The Morgan fingerprint density at radius 1 is 1.11 bits per heavy atom. The molecule has 2 aromatic heterocycles. The Hall–Kier alpha value is -4.06. The van der Waals surface area contributed by atoms with Crippen LogP contribution in [-0.4, -0.2) is 27.6 Å². The second-order valence-electron chi connectivity index (χ2n) is 8.40. The molecule has 1 aliphatic rings. The van der Waals surface area contributed by atoms with Gasteiger partial charge in [-0.3, -0.25) is 14.4 Å². The highest BCUT2D eigenvalue weighted by Gasteiger charge is 2.26. The predicted octanol–water partition coefficient (Wildman–Crippen LogP) is 2.14. The first-order valence-electron chi connectivity index (χ1n) is 11.1. The molecule has 6 rings (SSSR count). The number of fused-ring (bicyclic) bond motifs is 4. The minimum atomic E-state index is -1.23. The molecule has 0 aliphatic carbocycles. The zero-order valence-electron chi connectivity index (χ0n) is 19.3. The van der Waals surface area contributed by atoms with Crippen LogP contribution in [0.4, 0.5) is 11.4 Å². The van der Waals surface area contributed by atoms with Crippen LogP contribution in [0.3, 0.4) is 0 Å². The number of hydrogen-bond donors (Lipinski definition) is 4. The van der Waals surface area contributed by atoms with Crippen LogP contribution in [0.1, 0.15) is 27.3 Å². The summed E-state index contributed by atoms with van der Waals surface area (Å²) < 4.78 is 0.919. The van der Waals surface area contributed by atoms with Gasteiger partial charge >= 0.3 is 5.97 Å². The molecule has 5 aromatic rings. The molecule has 0 unspecified atom stereocenters. The van der Waals surface area contributed by atoms with E-state index >= 15 is 0 Å². The van der Waals surface area contributed by atoms with Gasteiger partial charge in [0, 0.05) is 29.7 Å². The summed E-state index contributed by atoms with van der Waals surface area (Å²) in [5.74, 6) is -1.56. The van der Waals surface area contributed by atoms with E-state index in [1.54, 1.807) is 0 Å². The Bertz CT molecular complexity index is 1790. The van der Waals surface area contributed by atoms with Gasteiger partial charge in [-0.15, -0.1) is 23.7 Å². The number of carboxylic acids is 1. The molecule has 0 radical (unpaired) electrons. The third-order valence-corrected chi connectivity index (χ3v) is 7.27. The fourth-order valence-corrected chi connectivity index (χ4v) is 5.45. The van der Waals surface area contributed by atoms with E-state index in [1.807, 2.05) is 35.2 Å². The number of hydrogen-bond acceptors (Lipinski definition) is 9. The molecule has 0 atom stereocenters. The molecule has 12 heteroatoms. The second-order valence-corrected chi connectivity index (χ2v) is 9.43. The Labute approximate surface area is 219 Å². The van der Waals surface area contributed by atoms with Crippen molar-refractivity contribution >= 4 is 61.4 Å². The second kappa shape index (κ2) is 10.1. The van der Waals surface area contributed by atoms with E-state index in [4.69, 9.17) is 16.6 Å². The van der Waals surface area contributed by atoms with Crippen LogP contribution in [0, 0.1) is 0 Å². The maximum Gasteiger partial charge on any atom is 0.372 e. The van der Waals surface area contributed by atoms with Gasteiger partial charge in [0.2, 0.25) is 5.82 Å². The van der Waals surface area contributed by atoms with Crippen molar-refractivity contribution in [3.05, 3.63) is 95.8 Å². The van der Waals surface area contributed by atoms with E-state index in [2.05, 4.69) is 22.1 Å². The van der Waals surface area contributed by atoms with Crippen molar-refractivity contribution in [1.82, 2.24) is 9.97 Å². The Morgan fingerprint density at radius 2 is 1.86 bits per heavy atom. The first-order valence-corrected chi connectivity index (χ1v) is 11.9. The molecule has 1 aliphatic heterocycles. The third-order valence-electron chi connectivity index (χ3n) is 6.21. The van der Waals surface area contributed by atoms with E-state index in [9.17, 15) is 19.2 Å². The lowest BCUT2D eigenvalue weighted by molar-refractivity contribution is 0.0683. The van der Waals surface area contributed by atoms with Crippen LogP contribution in [0.15, 0.2) is 56.8 Å². The average molecular weight is 540 g/mol. The van der Waals surface area contributed by atoms with Crippen molar-refractivity contribution in [1.29, 1.82) is 0 Å². The number of aromatic amines is 1. The third kappa shape index (κ3) is 4.59. The summed E-state index contributed by atoms with van der Waals surface area (Å²) in [6.07, 6.45) is 0.846. The molecule has 0 spiro atoms. The van der Waals surface area contributed by atoms with Crippen LogP contribution in [0.5, 0.6) is 0 Å². The molecule has 0 fully saturated rings. The molecule has 3 aromatic carbocycles. The summed E-state index contributed by atoms with van der Waals surface area (Å²) in [5, 5.41) is 10.1. The molecule has 3 heterocycles. The smallest absolute Gasteiger partial charge is 0.372 e. The lowest BCUT2D eigenvalue weighted by atomic mass is 9.96. The van der Waals surface area contributed by atoms with Crippen LogP contribution in [-0.2, 0) is 19.5 Å². The molecule has 10 nitrogen and oxygen atoms in total. The predicted molar refractivity (Wildman–Crippen MR) is 147 cm³/mol. The maximum absolute atomic E-state index is 11.8. The molecule has 0 bridgehead atoms. The fourth-order valence-electron chi connectivity index (χ4n) is 4.37. The molecule has 190 valence electrons. The van der Waals surface area contributed by atoms with Crippen molar-refractivity contribution < 1.29 is 9.90 Å². The van der Waals surface area contributed by atoms with Gasteiger partial charge in [0.25, 0.3) is 16.4 Å². The number of rotatable bonds is 3. The van der Waals surface area contributed by atoms with Crippen molar-refractivity contribution in [2.75, 3.05) is 17.2 Å². The molecule has 0 saturated heterocycles. The molecular weight excluding hydrogens is 518 g/mol. The van der Waals surface area contributed by atoms with Crippen molar-refractivity contribution in [2.24, 2.45) is 5.73 Å². The van der Waals surface area contributed by atoms with Crippen molar-refractivity contribution in [3.63, 3.8) is 0 Å². The number of benzene rings is 2. The number of nitrogens with zero attached hydrogens (tertiary/aromatic N) is 2. The first-order chi connectivity index (χ1) is 17.3. The van der Waals surface area contributed by atoms with Crippen LogP contribution < -0.4 is 32.8 Å². The Kier molecular flexibility index (Phi) is 7.12. The number of anilines is 2. The van der Waals surface area contributed by atoms with E-state index in [1.165, 1.54) is 16.9 Å². The number of carboxylic acid groups (broad SMARTS) is 1. The molecule has 0 saturated carbocycles. The minimum Gasteiger partial charge on any atom is -0.475 e. The monoisotopic (exact) mass is 539 g/mol. The number of nitrogens with two attached hydrogens (primary N) is 2. The summed E-state index contributed by atoms with van der Waals surface area (Å²) in [6, 6.07) is 13.6. The van der Waals surface area contributed by atoms with Gasteiger partial charge in [0.05, 0.1) is 5.39 Å². The highest BCUT2D eigenvalue weighted by Crippen LogP contribution is 2.30. The molecule has 37 heavy (non-hydrogen) atoms. The SMILES string of the molecule is Cl.NCc1ccc2c(c1)CN(c1c(N)c(=O)c1=O)CC2.O=C(O)c1nc2sc3ccccc3c2c(=O)[nH]1. The quantitative estimate of drug-likeness (QED) is 0.250. The van der Waals surface area contributed by atoms with Gasteiger partial charge < -0.3 is 26.5 Å². The summed E-state index contributed by atoms with van der Waals surface area (Å²) in [7, 11) is 0. The lowest BCUT2D eigenvalue weighted by Crippen LogP contribution is -2.44. The van der Waals surface area contributed by atoms with Gasteiger partial charge in [0.15, 0.2) is 0 Å². The fraction of sp³-hybridized carbons (Fsp3) is 0.160. The number of aromatic nitrogens is 2. The van der Waals surface area contributed by atoms with Crippen molar-refractivity contribution in [2.45, 2.75) is 19.5 Å². The Morgan fingerprint density at radius 3 is 2.57 bits per heavy atom. The van der Waals surface area contributed by atoms with Crippen LogP contribution >= 0.6 is 23.7 Å². The number of halogens is 1. The summed E-state index contributed by atoms with van der Waals surface area (Å²) in [4.78, 5) is 53.9. The highest BCUT2D eigenvalue weighted by molar-refractivity contribution is 7.25. The van der Waals surface area contributed by atoms with E-state index < -0.39 is 22.4 Å². The van der Waals surface area contributed by atoms with E-state index in [-0.39, 0.29) is 23.9 Å². The standard InChI is InChI=1S/C14H15N3O2.C11H6N2O3S.ClH/c15-6-8-1-2-9-3-4-17(7-10(9)5-8)12-11(16)13(18)14(12)19;14-9-7-5-3-1-2-4-6(5)17-10(7)13-8(12-9)11(15)16;/h1-2,5H,3-4,6-7,15-16H2;1-4H,(H,15,16)(H,12,13,14);1H. The minimum absolute atomic E-state index is 0. The molecular formula is C25H22ClN5O5S. The van der Waals surface area contributed by atoms with Gasteiger partial charge in [0.1, 0.15) is 16.2 Å². The average Bonchev–Trinajstić information content (AvgIpc) is 3.27. The topological polar surface area (TPSA) is 172 Å². The summed E-state index contributed by atoms with van der Waals surface area (Å²) >= 11 is 1.31. The summed E-state index contributed by atoms with van der Waals surface area (Å²) in [5.41, 5.74) is 13.8. The zero-order valence-corrected chi connectivity index (χ0v) is 20.9. The number of thiophene rings is 1. The van der Waals surface area contributed by atoms with Gasteiger partial charge in [-0.25, -0.2) is 9.78 Å². The lowest BCUT2D eigenvalue weighted by Gasteiger charge is -2.31. The maximum atomic E-state index is 11.8. The number of aromatic carboxylic acids is 1. The van der Waals surface area contributed by atoms with Gasteiger partial charge in [-0.2, -0.15) is 0 Å². The summed E-state index contributed by atoms with van der Waals surface area (Å²) in [6.45, 7) is 1.82. The highest BCUT2D eigenvalue weighted by atomic mass is 35.5. The molecule has 6 N–H and O–H groups in total. The Balaban J connectivity index is 0.000000169. The normalized spacial score (nSPS) is 12.6. The van der Waals surface area contributed by atoms with Gasteiger partial charge in [-0.1, -0.05) is 36.4 Å². The number of nitrogens with one attached hydrogen (secondary N) is 1. The van der Waals surface area contributed by atoms with Crippen LogP contribution in [0.25, 0.3) is 20.3 Å². The van der Waals surface area contributed by atoms with Gasteiger partial charge in [-0.05, 0) is 29.2 Å². The largest absolute Gasteiger partial charge is 0.475 e. The zero-order chi connectivity index (χ0) is 25.6. The van der Waals surface area contributed by atoms with E-state index in [0.29, 0.717) is 35.5 Å². The van der Waals surface area contributed by atoms with Crippen LogP contribution in [0.2, 0.25) is 0 Å². The number of nitrogen functional groups attached to an aromatic ring is 1.